The third-order valence-electron chi connectivity index (χ3n) is 3.13. The number of hydrogen-bond acceptors (Lipinski definition) is 1. The molecule has 20 heavy (non-hydrogen) atoms. The summed E-state index contributed by atoms with van der Waals surface area (Å²) in [5.41, 5.74) is 3.49. The maximum Gasteiger partial charge on any atom is 0.241 e. The van der Waals surface area contributed by atoms with Crippen molar-refractivity contribution in [3.8, 4) is 0 Å². The Labute approximate surface area is 120 Å². The van der Waals surface area contributed by atoms with Crippen LogP contribution in [0.2, 0.25) is 0 Å². The Hall–Kier alpha value is -2.35. The largest absolute Gasteiger partial charge is 0.273 e. The Bertz CT molecular complexity index is 544. The molecule has 2 aromatic rings. The molecule has 0 heterocycles. The van der Waals surface area contributed by atoms with Gasteiger partial charge in [-0.3, -0.25) is 10.1 Å². The second-order valence-corrected chi connectivity index (χ2v) is 4.51. The van der Waals surface area contributed by atoms with Gasteiger partial charge >= 0.3 is 0 Å². The first-order chi connectivity index (χ1) is 9.81. The molecule has 2 rings (SSSR count). The highest BCUT2D eigenvalue weighted by Crippen LogP contribution is 2.23. The third-order valence-corrected chi connectivity index (χ3v) is 3.13. The first-order valence-corrected chi connectivity index (χ1v) is 6.75. The molecule has 1 radical (unpaired) electrons. The fourth-order valence-corrected chi connectivity index (χ4v) is 2.09. The van der Waals surface area contributed by atoms with E-state index in [-0.39, 0.29) is 5.90 Å². The molecule has 101 valence electrons. The van der Waals surface area contributed by atoms with Crippen LogP contribution in [-0.4, -0.2) is 12.9 Å². The van der Waals surface area contributed by atoms with Gasteiger partial charge in [0.15, 0.2) is 0 Å². The molecule has 0 atom stereocenters. The summed E-state index contributed by atoms with van der Waals surface area (Å²) in [4.78, 5) is 3.66. The monoisotopic (exact) mass is 264 g/mol. The number of rotatable bonds is 5. The molecule has 0 unspecified atom stereocenters. The molecule has 0 saturated heterocycles. The lowest BCUT2D eigenvalue weighted by atomic mass is 9.96. The minimum Gasteiger partial charge on any atom is -0.273 e. The van der Waals surface area contributed by atoms with E-state index >= 15 is 0 Å². The molecule has 0 bridgehead atoms. The van der Waals surface area contributed by atoms with E-state index in [4.69, 9.17) is 0 Å². The zero-order valence-corrected chi connectivity index (χ0v) is 11.6. The second-order valence-electron chi connectivity index (χ2n) is 4.51. The average molecular weight is 264 g/mol. The summed E-state index contributed by atoms with van der Waals surface area (Å²) in [5, 5.41) is 11.3. The van der Waals surface area contributed by atoms with E-state index in [0.717, 1.165) is 5.57 Å². The fraction of sp³-hybridized carbons (Fsp3) is 0.167. The molecular weight excluding hydrogens is 246 g/mol. The number of benzene rings is 2. The molecule has 2 aromatic carbocycles. The summed E-state index contributed by atoms with van der Waals surface area (Å²) in [6, 6.07) is 20.5. The quantitative estimate of drug-likeness (QED) is 0.568. The van der Waals surface area contributed by atoms with Gasteiger partial charge in [-0.05, 0) is 23.1 Å². The van der Waals surface area contributed by atoms with Crippen molar-refractivity contribution in [1.29, 1.82) is 0 Å². The molecule has 0 aliphatic rings. The Morgan fingerprint density at radius 3 is 1.90 bits per heavy atom. The lowest BCUT2D eigenvalue weighted by Crippen LogP contribution is -1.93. The van der Waals surface area contributed by atoms with Gasteiger partial charge in [0, 0.05) is 13.5 Å². The maximum atomic E-state index is 11.3. The smallest absolute Gasteiger partial charge is 0.241 e. The van der Waals surface area contributed by atoms with Crippen molar-refractivity contribution >= 4 is 11.5 Å². The standard InChI is InChI=1S/C18H18NO/c1-19-18(20)14-8-13-17(15-9-4-2-5-10-15)16-11-6-3-7-12-16/h2-7,9-13H,8,14H2,1H3. The molecule has 2 nitrogen and oxygen atoms in total. The number of aliphatic imine (C=N–C) groups is 1. The first-order valence-electron chi connectivity index (χ1n) is 6.75. The van der Waals surface area contributed by atoms with Crippen LogP contribution in [0.5, 0.6) is 0 Å². The van der Waals surface area contributed by atoms with Crippen LogP contribution in [-0.2, 0) is 5.11 Å². The summed E-state index contributed by atoms with van der Waals surface area (Å²) >= 11 is 0. The highest BCUT2D eigenvalue weighted by molar-refractivity contribution is 5.80. The zero-order chi connectivity index (χ0) is 14.2. The van der Waals surface area contributed by atoms with Crippen molar-refractivity contribution < 1.29 is 5.11 Å². The highest BCUT2D eigenvalue weighted by Gasteiger charge is 2.04. The van der Waals surface area contributed by atoms with E-state index < -0.39 is 0 Å². The minimum absolute atomic E-state index is 0.0540. The topological polar surface area (TPSA) is 32.3 Å². The average Bonchev–Trinajstić information content (AvgIpc) is 2.53. The van der Waals surface area contributed by atoms with Gasteiger partial charge in [0.1, 0.15) is 0 Å². The van der Waals surface area contributed by atoms with Gasteiger partial charge in [-0.2, -0.15) is 0 Å². The molecule has 0 aliphatic carbocycles. The van der Waals surface area contributed by atoms with E-state index in [2.05, 4.69) is 35.3 Å². The zero-order valence-electron chi connectivity index (χ0n) is 11.6. The van der Waals surface area contributed by atoms with Crippen LogP contribution in [0, 0.1) is 0 Å². The first kappa shape index (κ1) is 14.1. The molecule has 0 saturated carbocycles. The van der Waals surface area contributed by atoms with Crippen LogP contribution >= 0.6 is 0 Å². The Balaban J connectivity index is 2.28. The van der Waals surface area contributed by atoms with Gasteiger partial charge in [0.2, 0.25) is 5.90 Å². The molecular formula is C18H18NO. The Morgan fingerprint density at radius 1 is 0.950 bits per heavy atom. The highest BCUT2D eigenvalue weighted by atomic mass is 16.3. The van der Waals surface area contributed by atoms with Crippen molar-refractivity contribution in [2.45, 2.75) is 12.8 Å². The molecule has 0 N–H and O–H groups in total. The van der Waals surface area contributed by atoms with Crippen molar-refractivity contribution in [2.24, 2.45) is 4.99 Å². The maximum absolute atomic E-state index is 11.3. The van der Waals surface area contributed by atoms with Crippen molar-refractivity contribution in [3.05, 3.63) is 77.9 Å². The third kappa shape index (κ3) is 3.82. The van der Waals surface area contributed by atoms with E-state index in [9.17, 15) is 5.11 Å². The fourth-order valence-electron chi connectivity index (χ4n) is 2.09. The molecule has 0 aliphatic heterocycles. The molecule has 0 aromatic heterocycles. The van der Waals surface area contributed by atoms with Crippen LogP contribution in [0.15, 0.2) is 71.7 Å². The molecule has 0 fully saturated rings. The summed E-state index contributed by atoms with van der Waals surface area (Å²) < 4.78 is 0. The van der Waals surface area contributed by atoms with Crippen LogP contribution in [0.4, 0.5) is 0 Å². The lowest BCUT2D eigenvalue weighted by Gasteiger charge is -2.08. The predicted octanol–water partition coefficient (Wildman–Crippen LogP) is 4.36. The predicted molar refractivity (Wildman–Crippen MR) is 83.2 cm³/mol. The van der Waals surface area contributed by atoms with E-state index in [1.807, 2.05) is 36.4 Å². The van der Waals surface area contributed by atoms with E-state index in [1.165, 1.54) is 11.1 Å². The molecule has 0 spiro atoms. The van der Waals surface area contributed by atoms with Gasteiger partial charge in [0.05, 0.1) is 0 Å². The summed E-state index contributed by atoms with van der Waals surface area (Å²) in [5.74, 6) is -0.0540. The van der Waals surface area contributed by atoms with Gasteiger partial charge < -0.3 is 0 Å². The van der Waals surface area contributed by atoms with E-state index in [1.54, 1.807) is 7.05 Å². The van der Waals surface area contributed by atoms with Crippen molar-refractivity contribution in [3.63, 3.8) is 0 Å². The van der Waals surface area contributed by atoms with Gasteiger partial charge in [0.25, 0.3) is 0 Å². The number of hydrogen-bond donors (Lipinski definition) is 0. The Kier molecular flexibility index (Phi) is 5.13. The van der Waals surface area contributed by atoms with Crippen LogP contribution in [0.25, 0.3) is 5.57 Å². The van der Waals surface area contributed by atoms with Crippen LogP contribution < -0.4 is 0 Å². The van der Waals surface area contributed by atoms with Gasteiger partial charge in [-0.1, -0.05) is 66.7 Å². The normalized spacial score (nSPS) is 11.2. The minimum atomic E-state index is -0.0540. The number of nitrogens with zero attached hydrogens (tertiary/aromatic N) is 1. The summed E-state index contributed by atoms with van der Waals surface area (Å²) in [6.07, 6.45) is 3.28. The van der Waals surface area contributed by atoms with E-state index in [0.29, 0.717) is 12.8 Å². The number of allylic oxidation sites excluding steroid dienone is 1. The summed E-state index contributed by atoms with van der Waals surface area (Å²) in [7, 11) is 1.54. The van der Waals surface area contributed by atoms with Crippen LogP contribution in [0.3, 0.4) is 0 Å². The van der Waals surface area contributed by atoms with Gasteiger partial charge in [-0.25, -0.2) is 0 Å². The second kappa shape index (κ2) is 7.29. The lowest BCUT2D eigenvalue weighted by molar-refractivity contribution is 0.411. The Morgan fingerprint density at radius 2 is 1.45 bits per heavy atom. The van der Waals surface area contributed by atoms with Gasteiger partial charge in [-0.15, -0.1) is 0 Å². The van der Waals surface area contributed by atoms with Crippen molar-refractivity contribution in [2.75, 3.05) is 7.05 Å². The summed E-state index contributed by atoms with van der Waals surface area (Å²) in [6.45, 7) is 0. The van der Waals surface area contributed by atoms with Crippen molar-refractivity contribution in [1.82, 2.24) is 0 Å². The van der Waals surface area contributed by atoms with Crippen LogP contribution in [0.1, 0.15) is 24.0 Å². The SMILES string of the molecule is CN=C([O])CCC=C(c1ccccc1)c1ccccc1. The molecule has 2 heteroatoms. The molecule has 0 amide bonds.